The molecule has 3 N–H and O–H groups in total. The summed E-state index contributed by atoms with van der Waals surface area (Å²) in [6, 6.07) is 6.53. The van der Waals surface area contributed by atoms with Crippen molar-refractivity contribution in [2.24, 2.45) is 5.73 Å². The van der Waals surface area contributed by atoms with Crippen LogP contribution in [0.3, 0.4) is 0 Å². The number of ether oxygens (including phenoxy) is 1. The highest BCUT2D eigenvalue weighted by Gasteiger charge is 2.17. The second-order valence-electron chi connectivity index (χ2n) is 3.54. The van der Waals surface area contributed by atoms with Crippen LogP contribution in [0.4, 0.5) is 0 Å². The molecule has 0 saturated heterocycles. The Bertz CT molecular complexity index is 446. The molecule has 17 heavy (non-hydrogen) atoms. The van der Waals surface area contributed by atoms with Crippen molar-refractivity contribution in [2.45, 2.75) is 17.7 Å². The zero-order valence-electron chi connectivity index (χ0n) is 9.85. The van der Waals surface area contributed by atoms with Gasteiger partial charge in [-0.15, -0.1) is 0 Å². The van der Waals surface area contributed by atoms with Crippen molar-refractivity contribution in [1.82, 2.24) is 4.72 Å². The van der Waals surface area contributed by atoms with E-state index in [0.717, 1.165) is 12.8 Å². The lowest BCUT2D eigenvalue weighted by atomic mass is 10.3. The van der Waals surface area contributed by atoms with Crippen molar-refractivity contribution in [1.29, 1.82) is 0 Å². The van der Waals surface area contributed by atoms with E-state index in [-0.39, 0.29) is 4.90 Å². The number of hydrogen-bond donors (Lipinski definition) is 2. The first kappa shape index (κ1) is 14.0. The minimum absolute atomic E-state index is 0.162. The van der Waals surface area contributed by atoms with E-state index in [2.05, 4.69) is 4.72 Å². The minimum atomic E-state index is -3.50. The van der Waals surface area contributed by atoms with Crippen molar-refractivity contribution in [2.75, 3.05) is 20.2 Å². The lowest BCUT2D eigenvalue weighted by Crippen LogP contribution is -2.25. The molecule has 1 aromatic rings. The molecule has 0 atom stereocenters. The van der Waals surface area contributed by atoms with E-state index in [0.29, 0.717) is 18.8 Å². The first-order chi connectivity index (χ1) is 8.11. The summed E-state index contributed by atoms with van der Waals surface area (Å²) in [7, 11) is -2.05. The standard InChI is InChI=1S/C11H18N2O3S/c1-16-10-6-2-3-7-11(10)17(14,15)13-9-5-4-8-12/h2-3,6-7,13H,4-5,8-9,12H2,1H3. The maximum Gasteiger partial charge on any atom is 0.244 e. The molecule has 0 heterocycles. The molecule has 0 aliphatic rings. The highest BCUT2D eigenvalue weighted by molar-refractivity contribution is 7.89. The summed E-state index contributed by atoms with van der Waals surface area (Å²) in [6.07, 6.45) is 1.53. The van der Waals surface area contributed by atoms with E-state index in [1.165, 1.54) is 13.2 Å². The van der Waals surface area contributed by atoms with Gasteiger partial charge >= 0.3 is 0 Å². The van der Waals surface area contributed by atoms with Gasteiger partial charge in [-0.2, -0.15) is 0 Å². The maximum absolute atomic E-state index is 12.0. The third kappa shape index (κ3) is 3.99. The van der Waals surface area contributed by atoms with Gasteiger partial charge in [-0.1, -0.05) is 12.1 Å². The molecule has 6 heteroatoms. The summed E-state index contributed by atoms with van der Waals surface area (Å²) >= 11 is 0. The van der Waals surface area contributed by atoms with Gasteiger partial charge in [0.05, 0.1) is 7.11 Å². The number of benzene rings is 1. The highest BCUT2D eigenvalue weighted by Crippen LogP contribution is 2.22. The average molecular weight is 258 g/mol. The van der Waals surface area contributed by atoms with E-state index in [4.69, 9.17) is 10.5 Å². The second kappa shape index (κ2) is 6.58. The number of methoxy groups -OCH3 is 1. The summed E-state index contributed by atoms with van der Waals surface area (Å²) in [4.78, 5) is 0.162. The third-order valence-corrected chi connectivity index (χ3v) is 3.78. The molecule has 0 bridgehead atoms. The van der Waals surface area contributed by atoms with Crippen molar-refractivity contribution in [3.63, 3.8) is 0 Å². The Labute approximate surface area is 102 Å². The molecule has 0 fully saturated rings. The molecule has 1 aromatic carbocycles. The largest absolute Gasteiger partial charge is 0.495 e. The Hall–Kier alpha value is -1.11. The predicted molar refractivity (Wildman–Crippen MR) is 66.5 cm³/mol. The minimum Gasteiger partial charge on any atom is -0.495 e. The van der Waals surface area contributed by atoms with Gasteiger partial charge in [-0.25, -0.2) is 13.1 Å². The van der Waals surface area contributed by atoms with E-state index < -0.39 is 10.0 Å². The normalized spacial score (nSPS) is 11.4. The molecule has 0 amide bonds. The van der Waals surface area contributed by atoms with Crippen LogP contribution in [0, 0.1) is 0 Å². The van der Waals surface area contributed by atoms with Crippen molar-refractivity contribution >= 4 is 10.0 Å². The lowest BCUT2D eigenvalue weighted by Gasteiger charge is -2.10. The first-order valence-electron chi connectivity index (χ1n) is 5.44. The van der Waals surface area contributed by atoms with Gasteiger partial charge in [-0.05, 0) is 31.5 Å². The van der Waals surface area contributed by atoms with Crippen LogP contribution in [-0.2, 0) is 10.0 Å². The quantitative estimate of drug-likeness (QED) is 0.706. The molecule has 96 valence electrons. The zero-order valence-corrected chi connectivity index (χ0v) is 10.7. The summed E-state index contributed by atoms with van der Waals surface area (Å²) in [5.41, 5.74) is 5.34. The SMILES string of the molecule is COc1ccccc1S(=O)(=O)NCCCCN. The van der Waals surface area contributed by atoms with Crippen LogP contribution in [-0.4, -0.2) is 28.6 Å². The Kier molecular flexibility index (Phi) is 5.40. The van der Waals surface area contributed by atoms with Crippen LogP contribution in [0.25, 0.3) is 0 Å². The Morgan fingerprint density at radius 3 is 2.65 bits per heavy atom. The van der Waals surface area contributed by atoms with Gasteiger partial charge in [-0.3, -0.25) is 0 Å². The molecule has 0 aliphatic carbocycles. The van der Waals surface area contributed by atoms with Crippen molar-refractivity contribution < 1.29 is 13.2 Å². The van der Waals surface area contributed by atoms with Gasteiger partial charge in [0.2, 0.25) is 10.0 Å². The van der Waals surface area contributed by atoms with Gasteiger partial charge in [0.15, 0.2) is 0 Å². The molecule has 0 aromatic heterocycles. The molecule has 0 radical (unpaired) electrons. The molecule has 0 aliphatic heterocycles. The van der Waals surface area contributed by atoms with E-state index in [1.54, 1.807) is 18.2 Å². The van der Waals surface area contributed by atoms with Crippen LogP contribution in [0.2, 0.25) is 0 Å². The number of sulfonamides is 1. The van der Waals surface area contributed by atoms with Gasteiger partial charge < -0.3 is 10.5 Å². The summed E-state index contributed by atoms with van der Waals surface area (Å²) in [5.74, 6) is 0.346. The van der Waals surface area contributed by atoms with Crippen molar-refractivity contribution in [3.05, 3.63) is 24.3 Å². The fourth-order valence-electron chi connectivity index (χ4n) is 1.39. The van der Waals surface area contributed by atoms with Gasteiger partial charge in [0.25, 0.3) is 0 Å². The topological polar surface area (TPSA) is 81.4 Å². The summed E-state index contributed by atoms with van der Waals surface area (Å²) < 4.78 is 31.4. The van der Waals surface area contributed by atoms with E-state index in [9.17, 15) is 8.42 Å². The molecule has 5 nitrogen and oxygen atoms in total. The molecule has 0 saturated carbocycles. The Morgan fingerprint density at radius 1 is 1.29 bits per heavy atom. The summed E-state index contributed by atoms with van der Waals surface area (Å²) in [6.45, 7) is 0.952. The van der Waals surface area contributed by atoms with Crippen LogP contribution < -0.4 is 15.2 Å². The van der Waals surface area contributed by atoms with E-state index in [1.807, 2.05) is 0 Å². The number of para-hydroxylation sites is 1. The lowest BCUT2D eigenvalue weighted by molar-refractivity contribution is 0.402. The Morgan fingerprint density at radius 2 is 2.00 bits per heavy atom. The zero-order chi connectivity index (χ0) is 12.7. The molecule has 0 spiro atoms. The van der Waals surface area contributed by atoms with Gasteiger partial charge in [0, 0.05) is 6.54 Å². The van der Waals surface area contributed by atoms with Crippen LogP contribution in [0.5, 0.6) is 5.75 Å². The fourth-order valence-corrected chi connectivity index (χ4v) is 2.64. The second-order valence-corrected chi connectivity index (χ2v) is 5.28. The number of unbranched alkanes of at least 4 members (excludes halogenated alkanes) is 1. The molecular formula is C11H18N2O3S. The molecule has 0 unspecified atom stereocenters. The average Bonchev–Trinajstić information content (AvgIpc) is 2.34. The smallest absolute Gasteiger partial charge is 0.244 e. The van der Waals surface area contributed by atoms with Crippen LogP contribution >= 0.6 is 0 Å². The summed E-state index contributed by atoms with van der Waals surface area (Å²) in [5, 5.41) is 0. The van der Waals surface area contributed by atoms with Crippen molar-refractivity contribution in [3.8, 4) is 5.75 Å². The predicted octanol–water partition coefficient (Wildman–Crippen LogP) is 0.712. The molecule has 1 rings (SSSR count). The number of nitrogens with one attached hydrogen (secondary N) is 1. The highest BCUT2D eigenvalue weighted by atomic mass is 32.2. The maximum atomic E-state index is 12.0. The monoisotopic (exact) mass is 258 g/mol. The number of nitrogens with two attached hydrogens (primary N) is 1. The molecular weight excluding hydrogens is 240 g/mol. The first-order valence-corrected chi connectivity index (χ1v) is 6.93. The van der Waals surface area contributed by atoms with Crippen LogP contribution in [0.15, 0.2) is 29.2 Å². The fraction of sp³-hybridized carbons (Fsp3) is 0.455. The number of hydrogen-bond acceptors (Lipinski definition) is 4. The van der Waals surface area contributed by atoms with Crippen LogP contribution in [0.1, 0.15) is 12.8 Å². The van der Waals surface area contributed by atoms with Gasteiger partial charge in [0.1, 0.15) is 10.6 Å². The Balaban J connectivity index is 2.75. The number of rotatable bonds is 7. The third-order valence-electron chi connectivity index (χ3n) is 2.28. The van der Waals surface area contributed by atoms with E-state index >= 15 is 0 Å².